The lowest BCUT2D eigenvalue weighted by Crippen LogP contribution is -2.39. The molecule has 0 saturated heterocycles. The van der Waals surface area contributed by atoms with Gasteiger partial charge in [-0.1, -0.05) is 0 Å². The Balaban J connectivity index is 2.65. The van der Waals surface area contributed by atoms with Gasteiger partial charge in [-0.2, -0.15) is 0 Å². The van der Waals surface area contributed by atoms with E-state index in [0.29, 0.717) is 6.54 Å². The van der Waals surface area contributed by atoms with Crippen LogP contribution in [0.2, 0.25) is 0 Å². The number of ether oxygens (including phenoxy) is 1. The maximum atomic E-state index is 8.95. The lowest BCUT2D eigenvalue weighted by atomic mass is 10.0. The van der Waals surface area contributed by atoms with Gasteiger partial charge in [-0.25, -0.2) is 0 Å². The first-order chi connectivity index (χ1) is 7.96. The summed E-state index contributed by atoms with van der Waals surface area (Å²) in [7, 11) is 1.65. The second-order valence-electron chi connectivity index (χ2n) is 4.85. The molecular weight excluding hydrogens is 216 g/mol. The van der Waals surface area contributed by atoms with Crippen molar-refractivity contribution in [3.63, 3.8) is 0 Å². The number of hydrogen-bond donors (Lipinski definition) is 2. The Bertz CT molecular complexity index is 364. The van der Waals surface area contributed by atoms with Crippen molar-refractivity contribution in [2.24, 2.45) is 0 Å². The van der Waals surface area contributed by atoms with Gasteiger partial charge >= 0.3 is 0 Å². The highest BCUT2D eigenvalue weighted by atomic mass is 16.5. The predicted octanol–water partition coefficient (Wildman–Crippen LogP) is 1.65. The minimum Gasteiger partial charge on any atom is -0.497 e. The van der Waals surface area contributed by atoms with E-state index in [1.54, 1.807) is 7.11 Å². The summed E-state index contributed by atoms with van der Waals surface area (Å²) in [4.78, 5) is 4.44. The van der Waals surface area contributed by atoms with Crippen molar-refractivity contribution in [3.8, 4) is 5.75 Å². The number of aryl methyl sites for hydroxylation is 1. The fraction of sp³-hybridized carbons (Fsp3) is 0.615. The van der Waals surface area contributed by atoms with Gasteiger partial charge in [0.15, 0.2) is 0 Å². The summed E-state index contributed by atoms with van der Waals surface area (Å²) >= 11 is 0. The van der Waals surface area contributed by atoms with Crippen molar-refractivity contribution in [3.05, 3.63) is 23.5 Å². The van der Waals surface area contributed by atoms with Crippen molar-refractivity contribution >= 4 is 0 Å². The highest BCUT2D eigenvalue weighted by Gasteiger charge is 2.16. The first kappa shape index (κ1) is 13.9. The van der Waals surface area contributed by atoms with Crippen LogP contribution in [0, 0.1) is 6.92 Å². The minimum atomic E-state index is -0.0899. The molecule has 1 aromatic rings. The molecule has 96 valence electrons. The van der Waals surface area contributed by atoms with E-state index >= 15 is 0 Å². The number of aliphatic hydroxyl groups is 1. The molecule has 0 bridgehead atoms. The Morgan fingerprint density at radius 2 is 2.12 bits per heavy atom. The number of aliphatic hydroxyl groups excluding tert-OH is 1. The van der Waals surface area contributed by atoms with Crippen LogP contribution in [-0.2, 0) is 6.54 Å². The molecule has 0 aromatic carbocycles. The summed E-state index contributed by atoms with van der Waals surface area (Å²) in [5.41, 5.74) is 1.81. The summed E-state index contributed by atoms with van der Waals surface area (Å²) in [6.07, 6.45) is 0.718. The average Bonchev–Trinajstić information content (AvgIpc) is 2.26. The van der Waals surface area contributed by atoms with Crippen molar-refractivity contribution in [1.29, 1.82) is 0 Å². The van der Waals surface area contributed by atoms with E-state index in [4.69, 9.17) is 9.84 Å². The van der Waals surface area contributed by atoms with Gasteiger partial charge in [-0.05, 0) is 27.2 Å². The maximum Gasteiger partial charge on any atom is 0.122 e. The zero-order chi connectivity index (χ0) is 12.9. The smallest absolute Gasteiger partial charge is 0.122 e. The van der Waals surface area contributed by atoms with Crippen molar-refractivity contribution in [2.45, 2.75) is 39.3 Å². The van der Waals surface area contributed by atoms with E-state index in [1.807, 2.05) is 19.1 Å². The topological polar surface area (TPSA) is 54.4 Å². The molecule has 1 rings (SSSR count). The van der Waals surface area contributed by atoms with E-state index in [2.05, 4.69) is 24.1 Å². The fourth-order valence-electron chi connectivity index (χ4n) is 1.61. The van der Waals surface area contributed by atoms with E-state index in [1.165, 1.54) is 0 Å². The molecule has 0 amide bonds. The minimum absolute atomic E-state index is 0.0899. The zero-order valence-corrected chi connectivity index (χ0v) is 11.1. The Kier molecular flexibility index (Phi) is 4.90. The normalized spacial score (nSPS) is 11.6. The molecule has 0 atom stereocenters. The largest absolute Gasteiger partial charge is 0.497 e. The van der Waals surface area contributed by atoms with Crippen LogP contribution < -0.4 is 10.1 Å². The Labute approximate surface area is 103 Å². The van der Waals surface area contributed by atoms with Crippen LogP contribution in [-0.4, -0.2) is 29.3 Å². The quantitative estimate of drug-likeness (QED) is 0.791. The standard InChI is InChI=1S/C13H22N2O2/c1-10-7-12(17-4)8-11(15-10)9-14-13(2,3)5-6-16/h7-8,14,16H,5-6,9H2,1-4H3. The van der Waals surface area contributed by atoms with Gasteiger partial charge in [-0.15, -0.1) is 0 Å². The molecular formula is C13H22N2O2. The van der Waals surface area contributed by atoms with Crippen LogP contribution in [0.5, 0.6) is 5.75 Å². The third-order valence-electron chi connectivity index (χ3n) is 2.70. The lowest BCUT2D eigenvalue weighted by molar-refractivity contribution is 0.229. The van der Waals surface area contributed by atoms with Crippen LogP contribution in [0.1, 0.15) is 31.7 Å². The highest BCUT2D eigenvalue weighted by molar-refractivity contribution is 5.26. The molecule has 0 radical (unpaired) electrons. The van der Waals surface area contributed by atoms with Crippen LogP contribution >= 0.6 is 0 Å². The molecule has 4 nitrogen and oxygen atoms in total. The first-order valence-corrected chi connectivity index (χ1v) is 5.84. The van der Waals surface area contributed by atoms with E-state index < -0.39 is 0 Å². The summed E-state index contributed by atoms with van der Waals surface area (Å²) < 4.78 is 5.21. The van der Waals surface area contributed by atoms with Gasteiger partial charge in [0.25, 0.3) is 0 Å². The molecule has 0 unspecified atom stereocenters. The molecule has 1 heterocycles. The highest BCUT2D eigenvalue weighted by Crippen LogP contribution is 2.14. The molecule has 0 aliphatic carbocycles. The second-order valence-corrected chi connectivity index (χ2v) is 4.85. The third-order valence-corrected chi connectivity index (χ3v) is 2.70. The average molecular weight is 238 g/mol. The Morgan fingerprint density at radius 1 is 1.41 bits per heavy atom. The molecule has 1 aromatic heterocycles. The zero-order valence-electron chi connectivity index (χ0n) is 11.1. The number of nitrogens with zero attached hydrogens (tertiary/aromatic N) is 1. The van der Waals surface area contributed by atoms with Gasteiger partial charge in [0, 0.05) is 36.5 Å². The number of rotatable bonds is 6. The number of hydrogen-bond acceptors (Lipinski definition) is 4. The second kappa shape index (κ2) is 5.98. The number of pyridine rings is 1. The van der Waals surface area contributed by atoms with Gasteiger partial charge in [-0.3, -0.25) is 4.98 Å². The van der Waals surface area contributed by atoms with Crippen LogP contribution in [0.15, 0.2) is 12.1 Å². The third kappa shape index (κ3) is 4.71. The first-order valence-electron chi connectivity index (χ1n) is 5.84. The molecule has 0 fully saturated rings. The number of methoxy groups -OCH3 is 1. The van der Waals surface area contributed by atoms with Crippen molar-refractivity contribution in [2.75, 3.05) is 13.7 Å². The predicted molar refractivity (Wildman–Crippen MR) is 68.1 cm³/mol. The summed E-state index contributed by atoms with van der Waals surface area (Å²) in [5.74, 6) is 0.828. The molecule has 4 heteroatoms. The Hall–Kier alpha value is -1.13. The molecule has 17 heavy (non-hydrogen) atoms. The summed E-state index contributed by atoms with van der Waals surface area (Å²) in [6, 6.07) is 3.83. The van der Waals surface area contributed by atoms with E-state index in [-0.39, 0.29) is 12.1 Å². The van der Waals surface area contributed by atoms with Crippen LogP contribution in [0.4, 0.5) is 0 Å². The molecule has 0 spiro atoms. The van der Waals surface area contributed by atoms with Gasteiger partial charge in [0.05, 0.1) is 12.8 Å². The molecule has 0 saturated carbocycles. The lowest BCUT2D eigenvalue weighted by Gasteiger charge is -2.25. The van der Waals surface area contributed by atoms with E-state index in [0.717, 1.165) is 23.6 Å². The molecule has 0 aliphatic heterocycles. The number of aromatic nitrogens is 1. The van der Waals surface area contributed by atoms with Gasteiger partial charge < -0.3 is 15.2 Å². The van der Waals surface area contributed by atoms with Gasteiger partial charge in [0.1, 0.15) is 5.75 Å². The Morgan fingerprint density at radius 3 is 2.71 bits per heavy atom. The summed E-state index contributed by atoms with van der Waals surface area (Å²) in [5, 5.41) is 12.3. The molecule has 0 aliphatic rings. The fourth-order valence-corrected chi connectivity index (χ4v) is 1.61. The maximum absolute atomic E-state index is 8.95. The van der Waals surface area contributed by atoms with Gasteiger partial charge in [0.2, 0.25) is 0 Å². The number of nitrogens with one attached hydrogen (secondary N) is 1. The molecule has 2 N–H and O–H groups in total. The van der Waals surface area contributed by atoms with Crippen LogP contribution in [0.3, 0.4) is 0 Å². The SMILES string of the molecule is COc1cc(C)nc(CNC(C)(C)CCO)c1. The summed E-state index contributed by atoms with van der Waals surface area (Å²) in [6.45, 7) is 6.94. The van der Waals surface area contributed by atoms with E-state index in [9.17, 15) is 0 Å². The monoisotopic (exact) mass is 238 g/mol. The van der Waals surface area contributed by atoms with Crippen LogP contribution in [0.25, 0.3) is 0 Å². The van der Waals surface area contributed by atoms with Crippen molar-refractivity contribution in [1.82, 2.24) is 10.3 Å². The van der Waals surface area contributed by atoms with Crippen molar-refractivity contribution < 1.29 is 9.84 Å².